The van der Waals surface area contributed by atoms with Crippen LogP contribution >= 0.6 is 0 Å². The molecule has 0 heterocycles. The first kappa shape index (κ1) is 12.6. The van der Waals surface area contributed by atoms with Crippen LogP contribution in [0.15, 0.2) is 12.2 Å². The van der Waals surface area contributed by atoms with Crippen LogP contribution in [0.3, 0.4) is 0 Å². The molecular formula is C10H21NO2. The standard InChI is InChI=1S/C10H21NO2/c1-3-4-5-6-10(13)9-11(2)7-8-12/h4-5,10,12-13H,3,6-9H2,1-2H3. The van der Waals surface area contributed by atoms with Gasteiger partial charge >= 0.3 is 0 Å². The Morgan fingerprint density at radius 3 is 2.62 bits per heavy atom. The highest BCUT2D eigenvalue weighted by Gasteiger charge is 2.05. The van der Waals surface area contributed by atoms with Gasteiger partial charge in [-0.25, -0.2) is 0 Å². The van der Waals surface area contributed by atoms with Crippen LogP contribution in [0.25, 0.3) is 0 Å². The number of allylic oxidation sites excluding steroid dienone is 1. The molecule has 0 bridgehead atoms. The summed E-state index contributed by atoms with van der Waals surface area (Å²) in [6.45, 7) is 3.46. The summed E-state index contributed by atoms with van der Waals surface area (Å²) in [6.07, 6.45) is 5.44. The number of aliphatic hydroxyl groups excluding tert-OH is 2. The van der Waals surface area contributed by atoms with Crippen LogP contribution < -0.4 is 0 Å². The van der Waals surface area contributed by atoms with Gasteiger partial charge in [0.25, 0.3) is 0 Å². The molecule has 2 N–H and O–H groups in total. The van der Waals surface area contributed by atoms with Crippen LogP contribution in [0.5, 0.6) is 0 Å². The maximum absolute atomic E-state index is 9.50. The molecule has 1 atom stereocenters. The molecule has 0 saturated carbocycles. The zero-order valence-corrected chi connectivity index (χ0v) is 8.61. The fraction of sp³-hybridized carbons (Fsp3) is 0.800. The summed E-state index contributed by atoms with van der Waals surface area (Å²) in [5, 5.41) is 18.1. The third-order valence-corrected chi connectivity index (χ3v) is 1.81. The monoisotopic (exact) mass is 187 g/mol. The summed E-state index contributed by atoms with van der Waals surface area (Å²) in [6, 6.07) is 0. The van der Waals surface area contributed by atoms with Gasteiger partial charge in [-0.15, -0.1) is 0 Å². The minimum absolute atomic E-state index is 0.147. The van der Waals surface area contributed by atoms with Crippen molar-refractivity contribution >= 4 is 0 Å². The second-order valence-electron chi connectivity index (χ2n) is 3.26. The Morgan fingerprint density at radius 1 is 1.38 bits per heavy atom. The maximum Gasteiger partial charge on any atom is 0.0701 e. The number of rotatable bonds is 7. The zero-order valence-electron chi connectivity index (χ0n) is 8.61. The van der Waals surface area contributed by atoms with E-state index in [1.165, 1.54) is 0 Å². The summed E-state index contributed by atoms with van der Waals surface area (Å²) in [5.41, 5.74) is 0. The molecule has 0 radical (unpaired) electrons. The van der Waals surface area contributed by atoms with E-state index in [0.29, 0.717) is 19.5 Å². The first-order valence-electron chi connectivity index (χ1n) is 4.83. The van der Waals surface area contributed by atoms with E-state index in [1.54, 1.807) is 0 Å². The summed E-state index contributed by atoms with van der Waals surface area (Å²) in [7, 11) is 1.89. The van der Waals surface area contributed by atoms with E-state index in [0.717, 1.165) is 6.42 Å². The molecule has 0 aromatic carbocycles. The van der Waals surface area contributed by atoms with Crippen LogP contribution in [0, 0.1) is 0 Å². The van der Waals surface area contributed by atoms with Gasteiger partial charge in [-0.1, -0.05) is 19.1 Å². The fourth-order valence-corrected chi connectivity index (χ4v) is 1.12. The second kappa shape index (κ2) is 8.23. The van der Waals surface area contributed by atoms with Crippen molar-refractivity contribution in [2.45, 2.75) is 25.9 Å². The molecule has 0 rings (SSSR count). The number of hydrogen-bond acceptors (Lipinski definition) is 3. The van der Waals surface area contributed by atoms with Crippen LogP contribution in [-0.2, 0) is 0 Å². The average molecular weight is 187 g/mol. The van der Waals surface area contributed by atoms with E-state index >= 15 is 0 Å². The van der Waals surface area contributed by atoms with E-state index in [2.05, 4.69) is 13.0 Å². The SMILES string of the molecule is CCC=CCC(O)CN(C)CCO. The van der Waals surface area contributed by atoms with Gasteiger partial charge in [-0.2, -0.15) is 0 Å². The molecule has 0 spiro atoms. The van der Waals surface area contributed by atoms with E-state index < -0.39 is 0 Å². The molecule has 0 fully saturated rings. The number of aliphatic hydroxyl groups is 2. The predicted octanol–water partition coefficient (Wildman–Crippen LogP) is 0.628. The first-order valence-corrected chi connectivity index (χ1v) is 4.83. The minimum atomic E-state index is -0.320. The average Bonchev–Trinajstić information content (AvgIpc) is 2.05. The highest BCUT2D eigenvalue weighted by Crippen LogP contribution is 1.96. The normalized spacial score (nSPS) is 14.2. The summed E-state index contributed by atoms with van der Waals surface area (Å²) in [5.74, 6) is 0. The first-order chi connectivity index (χ1) is 6.20. The van der Waals surface area contributed by atoms with Gasteiger partial charge in [0.05, 0.1) is 12.7 Å². The highest BCUT2D eigenvalue weighted by molar-refractivity contribution is 4.83. The summed E-state index contributed by atoms with van der Waals surface area (Å²) < 4.78 is 0. The number of nitrogens with zero attached hydrogens (tertiary/aromatic N) is 1. The molecule has 3 nitrogen and oxygen atoms in total. The van der Waals surface area contributed by atoms with Crippen molar-refractivity contribution in [3.63, 3.8) is 0 Å². The van der Waals surface area contributed by atoms with Gasteiger partial charge in [0.1, 0.15) is 0 Å². The van der Waals surface area contributed by atoms with Crippen molar-refractivity contribution in [1.29, 1.82) is 0 Å². The quantitative estimate of drug-likeness (QED) is 0.574. The van der Waals surface area contributed by atoms with E-state index in [9.17, 15) is 5.11 Å². The largest absolute Gasteiger partial charge is 0.395 e. The Hall–Kier alpha value is -0.380. The highest BCUT2D eigenvalue weighted by atomic mass is 16.3. The van der Waals surface area contributed by atoms with E-state index in [-0.39, 0.29) is 12.7 Å². The molecule has 13 heavy (non-hydrogen) atoms. The molecular weight excluding hydrogens is 166 g/mol. The van der Waals surface area contributed by atoms with Crippen LogP contribution in [-0.4, -0.2) is 48.0 Å². The van der Waals surface area contributed by atoms with Gasteiger partial charge < -0.3 is 15.1 Å². The molecule has 78 valence electrons. The Bertz CT molecular complexity index is 137. The van der Waals surface area contributed by atoms with E-state index in [1.807, 2.05) is 18.0 Å². The lowest BCUT2D eigenvalue weighted by molar-refractivity contribution is 0.116. The Labute approximate surface area is 80.7 Å². The maximum atomic E-state index is 9.50. The van der Waals surface area contributed by atoms with Gasteiger partial charge in [0.2, 0.25) is 0 Å². The van der Waals surface area contributed by atoms with Gasteiger partial charge in [0.15, 0.2) is 0 Å². The van der Waals surface area contributed by atoms with Gasteiger partial charge in [-0.05, 0) is 19.9 Å². The van der Waals surface area contributed by atoms with Crippen molar-refractivity contribution in [3.8, 4) is 0 Å². The third-order valence-electron chi connectivity index (χ3n) is 1.81. The Kier molecular flexibility index (Phi) is 7.99. The van der Waals surface area contributed by atoms with Crippen molar-refractivity contribution < 1.29 is 10.2 Å². The smallest absolute Gasteiger partial charge is 0.0701 e. The molecule has 1 unspecified atom stereocenters. The zero-order chi connectivity index (χ0) is 10.1. The molecule has 0 aromatic rings. The molecule has 3 heteroatoms. The van der Waals surface area contributed by atoms with Gasteiger partial charge in [0, 0.05) is 13.1 Å². The number of likely N-dealkylation sites (N-methyl/N-ethyl adjacent to an activating group) is 1. The topological polar surface area (TPSA) is 43.7 Å². The van der Waals surface area contributed by atoms with Crippen molar-refractivity contribution in [2.75, 3.05) is 26.7 Å². The lowest BCUT2D eigenvalue weighted by atomic mass is 10.2. The van der Waals surface area contributed by atoms with Crippen LogP contribution in [0.1, 0.15) is 19.8 Å². The molecule has 0 aliphatic carbocycles. The molecule has 0 aliphatic heterocycles. The van der Waals surface area contributed by atoms with Crippen molar-refractivity contribution in [3.05, 3.63) is 12.2 Å². The van der Waals surface area contributed by atoms with Gasteiger partial charge in [-0.3, -0.25) is 0 Å². The predicted molar refractivity (Wildman–Crippen MR) is 54.6 cm³/mol. The minimum Gasteiger partial charge on any atom is -0.395 e. The molecule has 0 amide bonds. The second-order valence-corrected chi connectivity index (χ2v) is 3.26. The van der Waals surface area contributed by atoms with Crippen LogP contribution in [0.2, 0.25) is 0 Å². The Balaban J connectivity index is 3.48. The van der Waals surface area contributed by atoms with Crippen molar-refractivity contribution in [1.82, 2.24) is 4.90 Å². The third kappa shape index (κ3) is 7.96. The number of hydrogen-bond donors (Lipinski definition) is 2. The Morgan fingerprint density at radius 2 is 2.08 bits per heavy atom. The molecule has 0 aliphatic rings. The van der Waals surface area contributed by atoms with Crippen LogP contribution in [0.4, 0.5) is 0 Å². The lowest BCUT2D eigenvalue weighted by Gasteiger charge is -2.18. The lowest BCUT2D eigenvalue weighted by Crippen LogP contribution is -2.30. The molecule has 0 saturated heterocycles. The summed E-state index contributed by atoms with van der Waals surface area (Å²) >= 11 is 0. The van der Waals surface area contributed by atoms with Crippen molar-refractivity contribution in [2.24, 2.45) is 0 Å². The fourth-order valence-electron chi connectivity index (χ4n) is 1.12. The van der Waals surface area contributed by atoms with E-state index in [4.69, 9.17) is 5.11 Å². The molecule has 0 aromatic heterocycles. The summed E-state index contributed by atoms with van der Waals surface area (Å²) in [4.78, 5) is 1.92.